The molecule has 154 valence electrons. The van der Waals surface area contributed by atoms with Crippen molar-refractivity contribution in [2.75, 3.05) is 33.9 Å². The number of oxazole rings is 1. The Labute approximate surface area is 167 Å². The fourth-order valence-corrected chi connectivity index (χ4v) is 3.86. The van der Waals surface area contributed by atoms with Gasteiger partial charge in [-0.3, -0.25) is 4.90 Å². The molecule has 1 saturated heterocycles. The molecule has 0 amide bonds. The Kier molecular flexibility index (Phi) is 6.97. The van der Waals surface area contributed by atoms with Gasteiger partial charge in [-0.05, 0) is 51.8 Å². The van der Waals surface area contributed by atoms with E-state index in [2.05, 4.69) is 11.8 Å². The van der Waals surface area contributed by atoms with Gasteiger partial charge in [-0.15, -0.1) is 0 Å². The van der Waals surface area contributed by atoms with Crippen LogP contribution in [-0.4, -0.2) is 49.9 Å². The number of rotatable bonds is 9. The molecule has 1 aliphatic heterocycles. The van der Waals surface area contributed by atoms with Crippen LogP contribution in [0.2, 0.25) is 0 Å². The average molecular weight is 389 g/mol. The summed E-state index contributed by atoms with van der Waals surface area (Å²) in [5.74, 6) is 2.95. The van der Waals surface area contributed by atoms with E-state index in [0.29, 0.717) is 12.0 Å². The molecule has 2 aromatic rings. The van der Waals surface area contributed by atoms with E-state index < -0.39 is 0 Å². The molecule has 1 atom stereocenters. The van der Waals surface area contributed by atoms with Crippen molar-refractivity contribution in [3.8, 4) is 23.0 Å². The van der Waals surface area contributed by atoms with E-state index >= 15 is 0 Å². The largest absolute Gasteiger partial charge is 0.496 e. The summed E-state index contributed by atoms with van der Waals surface area (Å²) in [5.41, 5.74) is 2.75. The lowest BCUT2D eigenvalue weighted by molar-refractivity contribution is 0.0701. The lowest BCUT2D eigenvalue weighted by Crippen LogP contribution is -2.32. The molecule has 3 rings (SSSR count). The highest BCUT2D eigenvalue weighted by Gasteiger charge is 2.22. The number of hydrogen-bond acceptors (Lipinski definition) is 6. The molecule has 0 saturated carbocycles. The molecule has 0 aliphatic carbocycles. The molecule has 1 fully saturated rings. The average Bonchev–Trinajstić information content (AvgIpc) is 3.31. The Morgan fingerprint density at radius 1 is 1.21 bits per heavy atom. The summed E-state index contributed by atoms with van der Waals surface area (Å²) >= 11 is 0. The van der Waals surface area contributed by atoms with Crippen molar-refractivity contribution in [3.63, 3.8) is 0 Å². The highest BCUT2D eigenvalue weighted by molar-refractivity contribution is 5.68. The second kappa shape index (κ2) is 9.43. The maximum absolute atomic E-state index is 6.03. The number of nitrogens with zero attached hydrogens (tertiary/aromatic N) is 2. The van der Waals surface area contributed by atoms with E-state index in [-0.39, 0.29) is 0 Å². The number of benzene rings is 1. The smallest absolute Gasteiger partial charge is 0.230 e. The Morgan fingerprint density at radius 3 is 2.68 bits per heavy atom. The molecule has 0 spiro atoms. The summed E-state index contributed by atoms with van der Waals surface area (Å²) in [7, 11) is 3.32. The van der Waals surface area contributed by atoms with E-state index in [9.17, 15) is 0 Å². The number of aryl methyl sites for hydroxylation is 1. The van der Waals surface area contributed by atoms with Crippen molar-refractivity contribution in [3.05, 3.63) is 29.2 Å². The lowest BCUT2D eigenvalue weighted by atomic mass is 10.1. The minimum Gasteiger partial charge on any atom is -0.496 e. The van der Waals surface area contributed by atoms with Gasteiger partial charge in [0.15, 0.2) is 0 Å². The molecule has 1 aromatic heterocycles. The fraction of sp³-hybridized carbons (Fsp3) is 0.591. The van der Waals surface area contributed by atoms with E-state index in [4.69, 9.17) is 23.6 Å². The van der Waals surface area contributed by atoms with Crippen LogP contribution in [0.5, 0.6) is 11.5 Å². The molecule has 1 aromatic carbocycles. The predicted octanol–water partition coefficient (Wildman–Crippen LogP) is 4.37. The van der Waals surface area contributed by atoms with Crippen molar-refractivity contribution in [2.24, 2.45) is 0 Å². The van der Waals surface area contributed by atoms with Crippen LogP contribution in [0.1, 0.15) is 43.2 Å². The number of aromatic nitrogens is 1. The first-order chi connectivity index (χ1) is 13.6. The molecule has 0 bridgehead atoms. The first kappa shape index (κ1) is 20.7. The van der Waals surface area contributed by atoms with Gasteiger partial charge in [-0.25, -0.2) is 4.98 Å². The summed E-state index contributed by atoms with van der Waals surface area (Å²) in [4.78, 5) is 7.23. The number of methoxy groups -OCH3 is 2. The molecule has 6 heteroatoms. The fourth-order valence-electron chi connectivity index (χ4n) is 3.86. The molecule has 28 heavy (non-hydrogen) atoms. The topological polar surface area (TPSA) is 57.0 Å². The van der Waals surface area contributed by atoms with Crippen LogP contribution in [0, 0.1) is 13.8 Å². The van der Waals surface area contributed by atoms with Crippen molar-refractivity contribution in [1.82, 2.24) is 9.88 Å². The normalized spacial score (nSPS) is 16.7. The van der Waals surface area contributed by atoms with Gasteiger partial charge in [-0.2, -0.15) is 0 Å². The molecular formula is C22H32N2O4. The van der Waals surface area contributed by atoms with Crippen molar-refractivity contribution < 1.29 is 18.6 Å². The van der Waals surface area contributed by atoms with Crippen LogP contribution in [0.15, 0.2) is 16.5 Å². The summed E-state index contributed by atoms with van der Waals surface area (Å²) in [5, 5.41) is 0. The van der Waals surface area contributed by atoms with E-state index in [1.54, 1.807) is 14.2 Å². The van der Waals surface area contributed by atoms with Crippen LogP contribution < -0.4 is 9.47 Å². The number of ether oxygens (including phenoxy) is 3. The van der Waals surface area contributed by atoms with Gasteiger partial charge in [0.2, 0.25) is 5.89 Å². The van der Waals surface area contributed by atoms with Gasteiger partial charge in [-0.1, -0.05) is 6.92 Å². The molecule has 6 nitrogen and oxygen atoms in total. The van der Waals surface area contributed by atoms with Gasteiger partial charge in [0.05, 0.1) is 31.6 Å². The summed E-state index contributed by atoms with van der Waals surface area (Å²) < 4.78 is 22.9. The van der Waals surface area contributed by atoms with E-state index in [1.807, 2.05) is 26.0 Å². The van der Waals surface area contributed by atoms with Crippen LogP contribution in [0.3, 0.4) is 0 Å². The Bertz CT molecular complexity index is 781. The third-order valence-corrected chi connectivity index (χ3v) is 5.30. The second-order valence-corrected chi connectivity index (χ2v) is 7.37. The molecule has 0 unspecified atom stereocenters. The third kappa shape index (κ3) is 4.50. The molecule has 0 N–H and O–H groups in total. The van der Waals surface area contributed by atoms with Gasteiger partial charge in [0.25, 0.3) is 0 Å². The van der Waals surface area contributed by atoms with Gasteiger partial charge >= 0.3 is 0 Å². The zero-order valence-corrected chi connectivity index (χ0v) is 17.7. The Balaban J connectivity index is 1.83. The van der Waals surface area contributed by atoms with Gasteiger partial charge in [0.1, 0.15) is 17.3 Å². The van der Waals surface area contributed by atoms with E-state index in [1.165, 1.54) is 0 Å². The van der Waals surface area contributed by atoms with Crippen LogP contribution in [0.25, 0.3) is 11.5 Å². The molecule has 0 radical (unpaired) electrons. The van der Waals surface area contributed by atoms with Crippen LogP contribution in [0.4, 0.5) is 0 Å². The zero-order valence-electron chi connectivity index (χ0n) is 17.7. The zero-order chi connectivity index (χ0) is 20.1. The minimum absolute atomic E-state index is 0.336. The Hall–Kier alpha value is -2.05. The first-order valence-electron chi connectivity index (χ1n) is 10.1. The monoisotopic (exact) mass is 388 g/mol. The summed E-state index contributed by atoms with van der Waals surface area (Å²) in [6, 6.07) is 3.86. The van der Waals surface area contributed by atoms with Crippen molar-refractivity contribution in [2.45, 2.75) is 52.7 Å². The second-order valence-electron chi connectivity index (χ2n) is 7.37. The van der Waals surface area contributed by atoms with Crippen molar-refractivity contribution in [1.29, 1.82) is 0 Å². The quantitative estimate of drug-likeness (QED) is 0.636. The SMILES string of the molecule is CCCN(Cc1nc(-c2ccc(OC)c(C)c2OC)oc1C)C[C@@H]1CCCO1. The maximum Gasteiger partial charge on any atom is 0.230 e. The molecule has 1 aliphatic rings. The third-order valence-electron chi connectivity index (χ3n) is 5.30. The van der Waals surface area contributed by atoms with Gasteiger partial charge in [0, 0.05) is 25.3 Å². The minimum atomic E-state index is 0.336. The van der Waals surface area contributed by atoms with Crippen molar-refractivity contribution >= 4 is 0 Å². The highest BCUT2D eigenvalue weighted by Crippen LogP contribution is 2.38. The predicted molar refractivity (Wildman–Crippen MR) is 109 cm³/mol. The van der Waals surface area contributed by atoms with Gasteiger partial charge < -0.3 is 18.6 Å². The summed E-state index contributed by atoms with van der Waals surface area (Å²) in [6.45, 7) is 9.77. The molecule has 2 heterocycles. The standard InChI is InChI=1S/C22H32N2O4/c1-6-11-24(13-17-8-7-12-27-17)14-19-16(3)28-22(23-19)18-9-10-20(25-4)15(2)21(18)26-5/h9-10,17H,6-8,11-14H2,1-5H3/t17-/m0/s1. The highest BCUT2D eigenvalue weighted by atomic mass is 16.5. The van der Waals surface area contributed by atoms with E-state index in [0.717, 1.165) is 79.6 Å². The van der Waals surface area contributed by atoms with Crippen LogP contribution >= 0.6 is 0 Å². The maximum atomic E-state index is 6.03. The molecular weight excluding hydrogens is 356 g/mol. The van der Waals surface area contributed by atoms with Crippen LogP contribution in [-0.2, 0) is 11.3 Å². The number of hydrogen-bond donors (Lipinski definition) is 0. The summed E-state index contributed by atoms with van der Waals surface area (Å²) in [6.07, 6.45) is 3.74. The first-order valence-corrected chi connectivity index (χ1v) is 10.1. The lowest BCUT2D eigenvalue weighted by Gasteiger charge is -2.23. The Morgan fingerprint density at radius 2 is 2.04 bits per heavy atom.